The van der Waals surface area contributed by atoms with Gasteiger partial charge in [0.2, 0.25) is 0 Å². The molecule has 0 aromatic heterocycles. The molecule has 0 N–H and O–H groups in total. The fraction of sp³-hybridized carbons (Fsp3) is 0.969. The SMILES string of the molecule is CCC(CCC(C)C1CCC2C3CCC4CC(OC(=O)C(F)(F)C(F)(F)F)CCC4(C)C3CCC12C)C(C)C. The van der Waals surface area contributed by atoms with Gasteiger partial charge in [0.1, 0.15) is 6.10 Å². The Morgan fingerprint density at radius 2 is 1.51 bits per heavy atom. The van der Waals surface area contributed by atoms with Crippen molar-refractivity contribution in [2.24, 2.45) is 58.2 Å². The number of hydrogen-bond donors (Lipinski definition) is 0. The van der Waals surface area contributed by atoms with E-state index in [4.69, 9.17) is 4.74 Å². The summed E-state index contributed by atoms with van der Waals surface area (Å²) in [5, 5.41) is 0. The lowest BCUT2D eigenvalue weighted by molar-refractivity contribution is -0.283. The van der Waals surface area contributed by atoms with Crippen molar-refractivity contribution in [2.75, 3.05) is 0 Å². The van der Waals surface area contributed by atoms with Crippen LogP contribution in [0.1, 0.15) is 119 Å². The topological polar surface area (TPSA) is 26.3 Å². The number of ether oxygens (including phenoxy) is 1. The molecule has 4 aliphatic rings. The Balaban J connectivity index is 1.40. The summed E-state index contributed by atoms with van der Waals surface area (Å²) in [7, 11) is 0. The molecule has 4 fully saturated rings. The van der Waals surface area contributed by atoms with Gasteiger partial charge in [0.15, 0.2) is 0 Å². The highest BCUT2D eigenvalue weighted by Gasteiger charge is 2.66. The minimum Gasteiger partial charge on any atom is -0.458 e. The lowest BCUT2D eigenvalue weighted by Crippen LogP contribution is -2.55. The molecule has 4 saturated carbocycles. The Morgan fingerprint density at radius 1 is 0.872 bits per heavy atom. The van der Waals surface area contributed by atoms with Gasteiger partial charge in [-0.2, -0.15) is 22.0 Å². The molecule has 10 atom stereocenters. The van der Waals surface area contributed by atoms with Crippen LogP contribution in [0.15, 0.2) is 0 Å². The van der Waals surface area contributed by atoms with Gasteiger partial charge < -0.3 is 4.74 Å². The number of carbonyl (C=O) groups excluding carboxylic acids is 1. The van der Waals surface area contributed by atoms with Crippen LogP contribution in [-0.2, 0) is 9.53 Å². The average molecular weight is 563 g/mol. The monoisotopic (exact) mass is 562 g/mol. The van der Waals surface area contributed by atoms with E-state index in [0.29, 0.717) is 30.1 Å². The van der Waals surface area contributed by atoms with Gasteiger partial charge in [0.05, 0.1) is 0 Å². The molecular weight excluding hydrogens is 511 g/mol. The Kier molecular flexibility index (Phi) is 8.82. The molecule has 4 rings (SSSR count). The van der Waals surface area contributed by atoms with Crippen molar-refractivity contribution in [1.29, 1.82) is 0 Å². The van der Waals surface area contributed by atoms with Gasteiger partial charge in [-0.15, -0.1) is 0 Å². The number of carbonyl (C=O) groups is 1. The Hall–Kier alpha value is -0.880. The van der Waals surface area contributed by atoms with E-state index in [1.165, 1.54) is 44.9 Å². The number of fused-ring (bicyclic) bond motifs is 5. The van der Waals surface area contributed by atoms with E-state index in [0.717, 1.165) is 48.9 Å². The third-order valence-corrected chi connectivity index (χ3v) is 12.7. The molecule has 7 heteroatoms. The largest absolute Gasteiger partial charge is 0.465 e. The van der Waals surface area contributed by atoms with E-state index in [2.05, 4.69) is 41.5 Å². The number of alkyl halides is 5. The summed E-state index contributed by atoms with van der Waals surface area (Å²) in [6, 6.07) is 0. The fourth-order valence-electron chi connectivity index (χ4n) is 10.3. The Bertz CT molecular complexity index is 871. The summed E-state index contributed by atoms with van der Waals surface area (Å²) in [5.41, 5.74) is 0.411. The summed E-state index contributed by atoms with van der Waals surface area (Å²) in [6.45, 7) is 14.4. The molecule has 0 aromatic rings. The zero-order chi connectivity index (χ0) is 29.0. The first-order chi connectivity index (χ1) is 18.1. The van der Waals surface area contributed by atoms with Crippen LogP contribution in [0.4, 0.5) is 22.0 Å². The molecule has 0 aromatic carbocycles. The lowest BCUT2D eigenvalue weighted by atomic mass is 9.44. The van der Waals surface area contributed by atoms with Gasteiger partial charge >= 0.3 is 18.1 Å². The van der Waals surface area contributed by atoms with E-state index < -0.39 is 24.2 Å². The van der Waals surface area contributed by atoms with Crippen molar-refractivity contribution in [3.05, 3.63) is 0 Å². The highest BCUT2D eigenvalue weighted by Crippen LogP contribution is 2.68. The van der Waals surface area contributed by atoms with Gasteiger partial charge in [-0.3, -0.25) is 0 Å². The zero-order valence-electron chi connectivity index (χ0n) is 24.9. The maximum absolute atomic E-state index is 13.5. The second-order valence-corrected chi connectivity index (χ2v) is 14.7. The van der Waals surface area contributed by atoms with Crippen molar-refractivity contribution < 1.29 is 31.5 Å². The van der Waals surface area contributed by atoms with E-state index in [9.17, 15) is 26.7 Å². The van der Waals surface area contributed by atoms with E-state index in [1.807, 2.05) is 0 Å². The molecule has 4 aliphatic carbocycles. The van der Waals surface area contributed by atoms with Crippen LogP contribution in [0.5, 0.6) is 0 Å². The molecule has 10 unspecified atom stereocenters. The minimum atomic E-state index is -5.93. The number of esters is 1. The predicted octanol–water partition coefficient (Wildman–Crippen LogP) is 9.85. The first kappa shape index (κ1) is 31.1. The van der Waals surface area contributed by atoms with Crippen LogP contribution in [-0.4, -0.2) is 24.2 Å². The van der Waals surface area contributed by atoms with Crippen molar-refractivity contribution in [2.45, 2.75) is 137 Å². The zero-order valence-corrected chi connectivity index (χ0v) is 24.9. The third-order valence-electron chi connectivity index (χ3n) is 12.7. The van der Waals surface area contributed by atoms with Crippen LogP contribution in [0.3, 0.4) is 0 Å². The lowest BCUT2D eigenvalue weighted by Gasteiger charge is -2.61. The second kappa shape index (κ2) is 11.1. The maximum atomic E-state index is 13.5. The molecule has 226 valence electrons. The Labute approximate surface area is 232 Å². The molecule has 0 spiro atoms. The summed E-state index contributed by atoms with van der Waals surface area (Å²) in [5.74, 6) is -2.73. The van der Waals surface area contributed by atoms with Crippen molar-refractivity contribution in [3.8, 4) is 0 Å². The van der Waals surface area contributed by atoms with Gasteiger partial charge in [0, 0.05) is 0 Å². The average Bonchev–Trinajstić information content (AvgIpc) is 3.20. The van der Waals surface area contributed by atoms with Gasteiger partial charge in [-0.1, -0.05) is 54.4 Å². The second-order valence-electron chi connectivity index (χ2n) is 14.7. The molecule has 2 nitrogen and oxygen atoms in total. The summed E-state index contributed by atoms with van der Waals surface area (Å²) in [4.78, 5) is 11.7. The standard InChI is InChI=1S/C32H51F5O2/c1-7-21(19(2)3)9-8-20(4)25-12-13-26-24-11-10-22-18-23(39-28(38)31(33,34)32(35,36)37)14-16-29(22,5)27(24)15-17-30(25,26)6/h19-27H,7-18H2,1-6H3. The molecule has 0 amide bonds. The molecule has 0 saturated heterocycles. The number of hydrogen-bond acceptors (Lipinski definition) is 2. The summed E-state index contributed by atoms with van der Waals surface area (Å²) >= 11 is 0. The van der Waals surface area contributed by atoms with Crippen LogP contribution < -0.4 is 0 Å². The molecular formula is C32H51F5O2. The third kappa shape index (κ3) is 5.51. The highest BCUT2D eigenvalue weighted by molar-refractivity contribution is 5.78. The maximum Gasteiger partial charge on any atom is 0.465 e. The van der Waals surface area contributed by atoms with Crippen molar-refractivity contribution >= 4 is 5.97 Å². The summed E-state index contributed by atoms with van der Waals surface area (Å²) in [6.07, 6.45) is 5.64. The minimum absolute atomic E-state index is 0.0367. The van der Waals surface area contributed by atoms with E-state index in [1.54, 1.807) is 0 Å². The van der Waals surface area contributed by atoms with E-state index in [-0.39, 0.29) is 11.3 Å². The van der Waals surface area contributed by atoms with Crippen LogP contribution >= 0.6 is 0 Å². The number of rotatable bonds is 8. The molecule has 39 heavy (non-hydrogen) atoms. The van der Waals surface area contributed by atoms with Gasteiger partial charge in [-0.05, 0) is 122 Å². The normalized spacial score (nSPS) is 40.4. The van der Waals surface area contributed by atoms with Crippen LogP contribution in [0.2, 0.25) is 0 Å². The first-order valence-electron chi connectivity index (χ1n) is 15.7. The van der Waals surface area contributed by atoms with Crippen LogP contribution in [0, 0.1) is 58.2 Å². The molecule has 0 aliphatic heterocycles. The van der Waals surface area contributed by atoms with Crippen LogP contribution in [0.25, 0.3) is 0 Å². The van der Waals surface area contributed by atoms with Crippen molar-refractivity contribution in [3.63, 3.8) is 0 Å². The Morgan fingerprint density at radius 3 is 2.13 bits per heavy atom. The van der Waals surface area contributed by atoms with Gasteiger partial charge in [0.25, 0.3) is 0 Å². The van der Waals surface area contributed by atoms with E-state index >= 15 is 0 Å². The highest BCUT2D eigenvalue weighted by atomic mass is 19.4. The quantitative estimate of drug-likeness (QED) is 0.217. The van der Waals surface area contributed by atoms with Crippen molar-refractivity contribution in [1.82, 2.24) is 0 Å². The number of halogens is 5. The fourth-order valence-corrected chi connectivity index (χ4v) is 10.3. The molecule has 0 radical (unpaired) electrons. The predicted molar refractivity (Wildman–Crippen MR) is 143 cm³/mol. The van der Waals surface area contributed by atoms with Gasteiger partial charge in [-0.25, -0.2) is 4.79 Å². The molecule has 0 heterocycles. The summed E-state index contributed by atoms with van der Waals surface area (Å²) < 4.78 is 69.7. The molecule has 0 bridgehead atoms. The smallest absolute Gasteiger partial charge is 0.458 e. The first-order valence-corrected chi connectivity index (χ1v) is 15.7.